The highest BCUT2D eigenvalue weighted by atomic mass is 16.5. The van der Waals surface area contributed by atoms with Crippen molar-refractivity contribution in [2.24, 2.45) is 11.8 Å². The number of hydrogen-bond acceptors (Lipinski definition) is 3. The van der Waals surface area contributed by atoms with Crippen molar-refractivity contribution in [3.05, 3.63) is 0 Å². The Labute approximate surface area is 116 Å². The highest BCUT2D eigenvalue weighted by Crippen LogP contribution is 2.29. The van der Waals surface area contributed by atoms with E-state index in [1.165, 1.54) is 12.8 Å². The van der Waals surface area contributed by atoms with Crippen LogP contribution in [0.25, 0.3) is 0 Å². The van der Waals surface area contributed by atoms with E-state index in [2.05, 4.69) is 24.5 Å². The first-order valence-corrected chi connectivity index (χ1v) is 7.75. The first-order valence-electron chi connectivity index (χ1n) is 7.75. The fourth-order valence-corrected chi connectivity index (χ4v) is 3.19. The molecule has 2 rings (SSSR count). The lowest BCUT2D eigenvalue weighted by Crippen LogP contribution is -2.46. The molecule has 0 spiro atoms. The minimum Gasteiger partial charge on any atom is -0.378 e. The summed E-state index contributed by atoms with van der Waals surface area (Å²) in [6, 6.07) is 0.591. The maximum atomic E-state index is 12.0. The average Bonchev–Trinajstić information content (AvgIpc) is 2.40. The second-order valence-electron chi connectivity index (χ2n) is 6.35. The number of rotatable bonds is 4. The van der Waals surface area contributed by atoms with Crippen molar-refractivity contribution in [2.45, 2.75) is 58.0 Å². The highest BCUT2D eigenvalue weighted by Gasteiger charge is 2.25. The van der Waals surface area contributed by atoms with Crippen LogP contribution in [0.1, 0.15) is 46.0 Å². The van der Waals surface area contributed by atoms with Crippen molar-refractivity contribution in [1.82, 2.24) is 10.6 Å². The van der Waals surface area contributed by atoms with Crippen molar-refractivity contribution >= 4 is 5.91 Å². The quantitative estimate of drug-likeness (QED) is 0.816. The second-order valence-corrected chi connectivity index (χ2v) is 6.35. The van der Waals surface area contributed by atoms with Crippen LogP contribution in [0.2, 0.25) is 0 Å². The third-order valence-electron chi connectivity index (χ3n) is 4.51. The third kappa shape index (κ3) is 4.77. The van der Waals surface area contributed by atoms with Gasteiger partial charge >= 0.3 is 0 Å². The average molecular weight is 268 g/mol. The van der Waals surface area contributed by atoms with Crippen molar-refractivity contribution in [1.29, 1.82) is 0 Å². The summed E-state index contributed by atoms with van der Waals surface area (Å²) < 4.78 is 5.37. The molecule has 1 aliphatic carbocycles. The number of nitrogens with one attached hydrogen (secondary N) is 2. The second kappa shape index (κ2) is 7.25. The summed E-state index contributed by atoms with van der Waals surface area (Å²) in [7, 11) is 0. The lowest BCUT2D eigenvalue weighted by Gasteiger charge is -2.32. The molecular weight excluding hydrogens is 240 g/mol. The molecule has 0 bridgehead atoms. The third-order valence-corrected chi connectivity index (χ3v) is 4.51. The summed E-state index contributed by atoms with van der Waals surface area (Å²) >= 11 is 0. The SMILES string of the molecule is CC(C)C1CCC(NC(=O)CC2COCCN2)CC1. The molecule has 1 amide bonds. The number of amides is 1. The lowest BCUT2D eigenvalue weighted by molar-refractivity contribution is -0.123. The Bertz CT molecular complexity index is 280. The molecule has 1 heterocycles. The van der Waals surface area contributed by atoms with Crippen LogP contribution in [0, 0.1) is 11.8 Å². The summed E-state index contributed by atoms with van der Waals surface area (Å²) in [5.74, 6) is 1.80. The van der Waals surface area contributed by atoms with Gasteiger partial charge in [-0.1, -0.05) is 13.8 Å². The Balaban J connectivity index is 1.65. The molecule has 0 aromatic carbocycles. The summed E-state index contributed by atoms with van der Waals surface area (Å²) in [5.41, 5.74) is 0. The van der Waals surface area contributed by atoms with E-state index in [1.54, 1.807) is 0 Å². The molecule has 110 valence electrons. The van der Waals surface area contributed by atoms with Gasteiger partial charge in [0.05, 0.1) is 13.2 Å². The maximum Gasteiger partial charge on any atom is 0.221 e. The Morgan fingerprint density at radius 3 is 2.63 bits per heavy atom. The predicted octanol–water partition coefficient (Wildman–Crippen LogP) is 1.70. The molecule has 2 fully saturated rings. The fourth-order valence-electron chi connectivity index (χ4n) is 3.19. The molecular formula is C15H28N2O2. The van der Waals surface area contributed by atoms with E-state index in [4.69, 9.17) is 4.74 Å². The minimum absolute atomic E-state index is 0.177. The van der Waals surface area contributed by atoms with Gasteiger partial charge in [-0.3, -0.25) is 4.79 Å². The zero-order valence-corrected chi connectivity index (χ0v) is 12.3. The van der Waals surface area contributed by atoms with E-state index >= 15 is 0 Å². The molecule has 1 atom stereocenters. The van der Waals surface area contributed by atoms with Crippen LogP contribution in [-0.2, 0) is 9.53 Å². The predicted molar refractivity (Wildman–Crippen MR) is 76.0 cm³/mol. The van der Waals surface area contributed by atoms with Gasteiger partial charge in [-0.15, -0.1) is 0 Å². The summed E-state index contributed by atoms with van der Waals surface area (Å²) in [6.45, 7) is 6.89. The van der Waals surface area contributed by atoms with Gasteiger partial charge in [0.15, 0.2) is 0 Å². The number of carbonyl (C=O) groups excluding carboxylic acids is 1. The van der Waals surface area contributed by atoms with E-state index in [-0.39, 0.29) is 11.9 Å². The van der Waals surface area contributed by atoms with Gasteiger partial charge in [-0.05, 0) is 37.5 Å². The van der Waals surface area contributed by atoms with Gasteiger partial charge in [0, 0.05) is 25.0 Å². The highest BCUT2D eigenvalue weighted by molar-refractivity contribution is 5.76. The molecule has 1 aliphatic heterocycles. The van der Waals surface area contributed by atoms with Crippen LogP contribution < -0.4 is 10.6 Å². The molecule has 4 heteroatoms. The van der Waals surface area contributed by atoms with Crippen LogP contribution in [0.4, 0.5) is 0 Å². The van der Waals surface area contributed by atoms with E-state index in [0.29, 0.717) is 19.1 Å². The first-order chi connectivity index (χ1) is 9.15. The molecule has 0 aromatic heterocycles. The van der Waals surface area contributed by atoms with Crippen molar-refractivity contribution < 1.29 is 9.53 Å². The molecule has 2 N–H and O–H groups in total. The van der Waals surface area contributed by atoms with Crippen LogP contribution in [0.3, 0.4) is 0 Å². The molecule has 4 nitrogen and oxygen atoms in total. The number of hydrogen-bond donors (Lipinski definition) is 2. The number of morpholine rings is 1. The van der Waals surface area contributed by atoms with E-state index in [0.717, 1.165) is 37.8 Å². The normalized spacial score (nSPS) is 32.3. The molecule has 1 unspecified atom stereocenters. The van der Waals surface area contributed by atoms with E-state index in [9.17, 15) is 4.79 Å². The van der Waals surface area contributed by atoms with Gasteiger partial charge in [0.25, 0.3) is 0 Å². The largest absolute Gasteiger partial charge is 0.378 e. The van der Waals surface area contributed by atoms with Gasteiger partial charge in [-0.2, -0.15) is 0 Å². The lowest BCUT2D eigenvalue weighted by atomic mass is 9.79. The topological polar surface area (TPSA) is 50.4 Å². The number of carbonyl (C=O) groups is 1. The Morgan fingerprint density at radius 2 is 2.05 bits per heavy atom. The summed E-state index contributed by atoms with van der Waals surface area (Å²) in [6.07, 6.45) is 5.34. The fraction of sp³-hybridized carbons (Fsp3) is 0.933. The van der Waals surface area contributed by atoms with Crippen LogP contribution in [0.15, 0.2) is 0 Å². The van der Waals surface area contributed by atoms with E-state index < -0.39 is 0 Å². The standard InChI is InChI=1S/C15H28N2O2/c1-11(2)12-3-5-13(6-4-12)17-15(18)9-14-10-19-8-7-16-14/h11-14,16H,3-10H2,1-2H3,(H,17,18). The van der Waals surface area contributed by atoms with Gasteiger partial charge < -0.3 is 15.4 Å². The van der Waals surface area contributed by atoms with Gasteiger partial charge in [-0.25, -0.2) is 0 Å². The first kappa shape index (κ1) is 14.8. The van der Waals surface area contributed by atoms with E-state index in [1.807, 2.05) is 0 Å². The minimum atomic E-state index is 0.177. The summed E-state index contributed by atoms with van der Waals surface area (Å²) in [4.78, 5) is 12.0. The monoisotopic (exact) mass is 268 g/mol. The van der Waals surface area contributed by atoms with Crippen molar-refractivity contribution in [2.75, 3.05) is 19.8 Å². The molecule has 19 heavy (non-hydrogen) atoms. The molecule has 1 saturated heterocycles. The van der Waals surface area contributed by atoms with Crippen molar-refractivity contribution in [3.8, 4) is 0 Å². The van der Waals surface area contributed by atoms with Crippen LogP contribution in [-0.4, -0.2) is 37.7 Å². The van der Waals surface area contributed by atoms with Gasteiger partial charge in [0.2, 0.25) is 5.91 Å². The van der Waals surface area contributed by atoms with Gasteiger partial charge in [0.1, 0.15) is 0 Å². The smallest absolute Gasteiger partial charge is 0.221 e. The number of ether oxygens (including phenoxy) is 1. The molecule has 0 aromatic rings. The van der Waals surface area contributed by atoms with Crippen LogP contribution >= 0.6 is 0 Å². The molecule has 2 aliphatic rings. The molecule has 0 radical (unpaired) electrons. The Kier molecular flexibility index (Phi) is 5.64. The zero-order valence-electron chi connectivity index (χ0n) is 12.3. The van der Waals surface area contributed by atoms with Crippen LogP contribution in [0.5, 0.6) is 0 Å². The van der Waals surface area contributed by atoms with Crippen molar-refractivity contribution in [3.63, 3.8) is 0 Å². The Morgan fingerprint density at radius 1 is 1.32 bits per heavy atom. The maximum absolute atomic E-state index is 12.0. The summed E-state index contributed by atoms with van der Waals surface area (Å²) in [5, 5.41) is 6.51. The zero-order chi connectivity index (χ0) is 13.7. The molecule has 1 saturated carbocycles. The Hall–Kier alpha value is -0.610.